The molecule has 0 aliphatic rings. The molecule has 0 radical (unpaired) electrons. The van der Waals surface area contributed by atoms with Crippen molar-refractivity contribution in [3.63, 3.8) is 0 Å². The van der Waals surface area contributed by atoms with Gasteiger partial charge < -0.3 is 4.90 Å². The summed E-state index contributed by atoms with van der Waals surface area (Å²) in [7, 11) is 1.73. The van der Waals surface area contributed by atoms with E-state index >= 15 is 0 Å². The van der Waals surface area contributed by atoms with E-state index in [9.17, 15) is 4.79 Å². The van der Waals surface area contributed by atoms with E-state index in [-0.39, 0.29) is 5.91 Å². The predicted octanol–water partition coefficient (Wildman–Crippen LogP) is 1.14. The highest BCUT2D eigenvalue weighted by Gasteiger charge is 2.13. The summed E-state index contributed by atoms with van der Waals surface area (Å²) in [6, 6.07) is 3.77. The molecule has 0 N–H and O–H groups in total. The Hall–Kier alpha value is -2.30. The molecule has 0 bridgehead atoms. The first kappa shape index (κ1) is 11.2. The first-order chi connectivity index (χ1) is 8.27. The lowest BCUT2D eigenvalue weighted by Gasteiger charge is -2.16. The van der Waals surface area contributed by atoms with Crippen LogP contribution in [0, 0.1) is 0 Å². The molecule has 0 saturated heterocycles. The number of rotatable bonds is 3. The van der Waals surface area contributed by atoms with E-state index < -0.39 is 0 Å². The first-order valence-corrected chi connectivity index (χ1v) is 5.18. The zero-order valence-electron chi connectivity index (χ0n) is 9.45. The number of aromatic nitrogens is 3. The van der Waals surface area contributed by atoms with Gasteiger partial charge in [0.25, 0.3) is 5.91 Å². The Balaban J connectivity index is 2.06. The Bertz CT molecular complexity index is 486. The second-order valence-corrected chi connectivity index (χ2v) is 3.61. The molecule has 0 unspecified atom stereocenters. The lowest BCUT2D eigenvalue weighted by molar-refractivity contribution is 0.0778. The molecular weight excluding hydrogens is 216 g/mol. The van der Waals surface area contributed by atoms with Gasteiger partial charge in [-0.15, -0.1) is 0 Å². The summed E-state index contributed by atoms with van der Waals surface area (Å²) in [5.74, 6) is -0.151. The Kier molecular flexibility index (Phi) is 3.40. The van der Waals surface area contributed by atoms with E-state index in [2.05, 4.69) is 15.0 Å². The topological polar surface area (TPSA) is 59.0 Å². The number of amides is 1. The highest BCUT2D eigenvalue weighted by molar-refractivity contribution is 5.91. The van der Waals surface area contributed by atoms with Gasteiger partial charge in [-0.3, -0.25) is 14.8 Å². The lowest BCUT2D eigenvalue weighted by atomic mass is 10.2. The van der Waals surface area contributed by atoms with E-state index in [0.717, 1.165) is 5.56 Å². The van der Waals surface area contributed by atoms with Gasteiger partial charge in [-0.2, -0.15) is 0 Å². The standard InChI is InChI=1S/C12H12N4O/c1-16(9-10-3-2-4-13-7-10)12(17)11-8-14-5-6-15-11/h2-8H,9H2,1H3. The maximum Gasteiger partial charge on any atom is 0.274 e. The maximum atomic E-state index is 12.0. The van der Waals surface area contributed by atoms with E-state index in [1.54, 1.807) is 24.3 Å². The second-order valence-electron chi connectivity index (χ2n) is 3.61. The number of hydrogen-bond acceptors (Lipinski definition) is 4. The molecule has 0 saturated carbocycles. The van der Waals surface area contributed by atoms with E-state index in [1.165, 1.54) is 18.6 Å². The zero-order valence-corrected chi connectivity index (χ0v) is 9.45. The largest absolute Gasteiger partial charge is 0.336 e. The van der Waals surface area contributed by atoms with Crippen molar-refractivity contribution >= 4 is 5.91 Å². The van der Waals surface area contributed by atoms with Gasteiger partial charge in [0.1, 0.15) is 5.69 Å². The van der Waals surface area contributed by atoms with Crippen molar-refractivity contribution in [3.8, 4) is 0 Å². The molecule has 5 heteroatoms. The summed E-state index contributed by atoms with van der Waals surface area (Å²) in [5, 5.41) is 0. The van der Waals surface area contributed by atoms with Crippen molar-refractivity contribution in [2.75, 3.05) is 7.05 Å². The summed E-state index contributed by atoms with van der Waals surface area (Å²) in [6.45, 7) is 0.503. The number of carbonyl (C=O) groups is 1. The van der Waals surface area contributed by atoms with Crippen LogP contribution in [0.25, 0.3) is 0 Å². The van der Waals surface area contributed by atoms with Crippen LogP contribution in [-0.2, 0) is 6.54 Å². The summed E-state index contributed by atoms with van der Waals surface area (Å²) >= 11 is 0. The quantitative estimate of drug-likeness (QED) is 0.790. The molecular formula is C12H12N4O. The van der Waals surface area contributed by atoms with Gasteiger partial charge in [-0.1, -0.05) is 6.07 Å². The van der Waals surface area contributed by atoms with Gasteiger partial charge >= 0.3 is 0 Å². The maximum absolute atomic E-state index is 12.0. The molecule has 0 aliphatic carbocycles. The van der Waals surface area contributed by atoms with Gasteiger partial charge in [0.2, 0.25) is 0 Å². The minimum Gasteiger partial charge on any atom is -0.336 e. The molecule has 2 heterocycles. The fourth-order valence-corrected chi connectivity index (χ4v) is 1.44. The molecule has 86 valence electrons. The van der Waals surface area contributed by atoms with Crippen LogP contribution < -0.4 is 0 Å². The van der Waals surface area contributed by atoms with Gasteiger partial charge in [0.05, 0.1) is 6.20 Å². The molecule has 0 fully saturated rings. The smallest absolute Gasteiger partial charge is 0.274 e. The Labute approximate surface area is 99.2 Å². The third-order valence-electron chi connectivity index (χ3n) is 2.27. The highest BCUT2D eigenvalue weighted by atomic mass is 16.2. The number of carbonyl (C=O) groups excluding carboxylic acids is 1. The third-order valence-corrected chi connectivity index (χ3v) is 2.27. The lowest BCUT2D eigenvalue weighted by Crippen LogP contribution is -2.27. The minimum atomic E-state index is -0.151. The third kappa shape index (κ3) is 2.84. The van der Waals surface area contributed by atoms with E-state index in [0.29, 0.717) is 12.2 Å². The van der Waals surface area contributed by atoms with Crippen LogP contribution in [0.4, 0.5) is 0 Å². The monoisotopic (exact) mass is 228 g/mol. The number of pyridine rings is 1. The zero-order chi connectivity index (χ0) is 12.1. The van der Waals surface area contributed by atoms with Crippen LogP contribution in [0.15, 0.2) is 43.1 Å². The van der Waals surface area contributed by atoms with E-state index in [4.69, 9.17) is 0 Å². The normalized spacial score (nSPS) is 9.94. The Morgan fingerprint density at radius 1 is 1.24 bits per heavy atom. The van der Waals surface area contributed by atoms with Crippen LogP contribution in [0.5, 0.6) is 0 Å². The second kappa shape index (κ2) is 5.16. The molecule has 0 aromatic carbocycles. The van der Waals surface area contributed by atoms with Gasteiger partial charge in [-0.25, -0.2) is 4.98 Å². The van der Waals surface area contributed by atoms with Crippen LogP contribution in [0.3, 0.4) is 0 Å². The summed E-state index contributed by atoms with van der Waals surface area (Å²) < 4.78 is 0. The van der Waals surface area contributed by atoms with Gasteiger partial charge in [-0.05, 0) is 11.6 Å². The fraction of sp³-hybridized carbons (Fsp3) is 0.167. The van der Waals surface area contributed by atoms with Crippen molar-refractivity contribution in [2.24, 2.45) is 0 Å². The molecule has 2 aromatic heterocycles. The fourth-order valence-electron chi connectivity index (χ4n) is 1.44. The highest BCUT2D eigenvalue weighted by Crippen LogP contribution is 2.04. The predicted molar refractivity (Wildman–Crippen MR) is 62.1 cm³/mol. The van der Waals surface area contributed by atoms with Crippen LogP contribution in [0.1, 0.15) is 16.1 Å². The van der Waals surface area contributed by atoms with Crippen molar-refractivity contribution in [1.82, 2.24) is 19.9 Å². The molecule has 0 atom stereocenters. The molecule has 1 amide bonds. The molecule has 0 aliphatic heterocycles. The SMILES string of the molecule is CN(Cc1cccnc1)C(=O)c1cnccn1. The summed E-state index contributed by atoms with van der Waals surface area (Å²) in [6.07, 6.45) is 7.94. The first-order valence-electron chi connectivity index (χ1n) is 5.18. The number of hydrogen-bond donors (Lipinski definition) is 0. The average molecular weight is 228 g/mol. The van der Waals surface area contributed by atoms with Gasteiger partial charge in [0.15, 0.2) is 0 Å². The van der Waals surface area contributed by atoms with Crippen molar-refractivity contribution in [2.45, 2.75) is 6.54 Å². The molecule has 17 heavy (non-hydrogen) atoms. The van der Waals surface area contributed by atoms with Gasteiger partial charge in [0, 0.05) is 38.4 Å². The average Bonchev–Trinajstić information content (AvgIpc) is 2.40. The van der Waals surface area contributed by atoms with E-state index in [1.807, 2.05) is 12.1 Å². The van der Waals surface area contributed by atoms with Crippen molar-refractivity contribution in [3.05, 3.63) is 54.4 Å². The van der Waals surface area contributed by atoms with Crippen LogP contribution in [0.2, 0.25) is 0 Å². The molecule has 5 nitrogen and oxygen atoms in total. The summed E-state index contributed by atoms with van der Waals surface area (Å²) in [4.78, 5) is 25.4. The van der Waals surface area contributed by atoms with Crippen LogP contribution >= 0.6 is 0 Å². The summed E-state index contributed by atoms with van der Waals surface area (Å²) in [5.41, 5.74) is 1.33. The molecule has 0 spiro atoms. The van der Waals surface area contributed by atoms with Crippen molar-refractivity contribution < 1.29 is 4.79 Å². The Morgan fingerprint density at radius 3 is 2.71 bits per heavy atom. The van der Waals surface area contributed by atoms with Crippen LogP contribution in [-0.4, -0.2) is 32.8 Å². The molecule has 2 rings (SSSR count). The van der Waals surface area contributed by atoms with Crippen molar-refractivity contribution in [1.29, 1.82) is 0 Å². The molecule has 2 aromatic rings. The minimum absolute atomic E-state index is 0.151. The number of nitrogens with zero attached hydrogens (tertiary/aromatic N) is 4. The Morgan fingerprint density at radius 2 is 2.06 bits per heavy atom.